The molecule has 0 saturated heterocycles. The maximum Gasteiger partial charge on any atom is 0.408 e. The van der Waals surface area contributed by atoms with Crippen molar-refractivity contribution in [3.63, 3.8) is 0 Å². The molecule has 3 N–H and O–H groups in total. The molecule has 1 rings (SSSR count). The molecule has 0 aliphatic heterocycles. The number of carbonyl (C=O) groups excluding carboxylic acids is 3. The number of nitrogens with zero attached hydrogens (tertiary/aromatic N) is 1. The van der Waals surface area contributed by atoms with Crippen LogP contribution in [0.5, 0.6) is 5.75 Å². The van der Waals surface area contributed by atoms with Gasteiger partial charge < -0.3 is 25.4 Å². The SMILES string of the molecule is CCCCCNC(=O)C(c1cccc(O)c1)N(C(=O)C(CC(C)C)NC(=O)OC(C)(C)C)C(C)CC. The van der Waals surface area contributed by atoms with E-state index in [0.717, 1.165) is 19.3 Å². The van der Waals surface area contributed by atoms with Gasteiger partial charge in [-0.15, -0.1) is 0 Å². The molecule has 3 unspecified atom stereocenters. The predicted molar refractivity (Wildman–Crippen MR) is 143 cm³/mol. The minimum absolute atomic E-state index is 0.0124. The molecule has 0 spiro atoms. The normalized spacial score (nSPS) is 14.0. The molecule has 0 aromatic heterocycles. The number of unbranched alkanes of at least 4 members (excludes halogenated alkanes) is 2. The standard InChI is InChI=1S/C28H47N3O5/c1-9-11-12-16-29-25(33)24(21-14-13-15-22(32)18-21)31(20(5)10-2)26(34)23(17-19(3)4)30-27(35)36-28(6,7)8/h13-15,18-20,23-24,32H,9-12,16-17H2,1-8H3,(H,29,33)(H,30,35). The summed E-state index contributed by atoms with van der Waals surface area (Å²) in [5.74, 6) is -0.555. The molecule has 0 bridgehead atoms. The van der Waals surface area contributed by atoms with Gasteiger partial charge in [-0.25, -0.2) is 4.79 Å². The van der Waals surface area contributed by atoms with Crippen molar-refractivity contribution >= 4 is 17.9 Å². The van der Waals surface area contributed by atoms with Crippen LogP contribution in [-0.4, -0.2) is 52.1 Å². The van der Waals surface area contributed by atoms with Gasteiger partial charge in [0.15, 0.2) is 0 Å². The molecule has 0 radical (unpaired) electrons. The van der Waals surface area contributed by atoms with Gasteiger partial charge in [0.25, 0.3) is 0 Å². The van der Waals surface area contributed by atoms with Crippen LogP contribution in [0.3, 0.4) is 0 Å². The van der Waals surface area contributed by atoms with Crippen LogP contribution < -0.4 is 10.6 Å². The van der Waals surface area contributed by atoms with E-state index in [4.69, 9.17) is 4.74 Å². The van der Waals surface area contributed by atoms with E-state index in [2.05, 4.69) is 17.6 Å². The summed E-state index contributed by atoms with van der Waals surface area (Å²) in [7, 11) is 0. The lowest BCUT2D eigenvalue weighted by molar-refractivity contribution is -0.145. The molecular weight excluding hydrogens is 458 g/mol. The van der Waals surface area contributed by atoms with E-state index in [9.17, 15) is 19.5 Å². The van der Waals surface area contributed by atoms with Gasteiger partial charge in [-0.05, 0) is 70.6 Å². The molecule has 0 aliphatic rings. The number of hydrogen-bond acceptors (Lipinski definition) is 5. The van der Waals surface area contributed by atoms with Crippen molar-refractivity contribution in [3.8, 4) is 5.75 Å². The highest BCUT2D eigenvalue weighted by Gasteiger charge is 2.38. The minimum Gasteiger partial charge on any atom is -0.508 e. The summed E-state index contributed by atoms with van der Waals surface area (Å²) >= 11 is 0. The Morgan fingerprint density at radius 1 is 1.08 bits per heavy atom. The second-order valence-electron chi connectivity index (χ2n) is 10.8. The summed E-state index contributed by atoms with van der Waals surface area (Å²) in [6.07, 6.45) is 3.16. The summed E-state index contributed by atoms with van der Waals surface area (Å²) in [5, 5.41) is 15.9. The number of alkyl carbamates (subject to hydrolysis) is 1. The second kappa shape index (κ2) is 14.7. The van der Waals surface area contributed by atoms with Crippen molar-refractivity contribution < 1.29 is 24.2 Å². The number of amides is 3. The highest BCUT2D eigenvalue weighted by atomic mass is 16.6. The minimum atomic E-state index is -0.962. The van der Waals surface area contributed by atoms with E-state index in [-0.39, 0.29) is 29.5 Å². The Morgan fingerprint density at radius 2 is 1.75 bits per heavy atom. The smallest absolute Gasteiger partial charge is 0.408 e. The number of carbonyl (C=O) groups is 3. The first-order chi connectivity index (χ1) is 16.8. The fraction of sp³-hybridized carbons (Fsp3) is 0.679. The quantitative estimate of drug-likeness (QED) is 0.315. The lowest BCUT2D eigenvalue weighted by Gasteiger charge is -2.38. The van der Waals surface area contributed by atoms with E-state index in [1.807, 2.05) is 27.7 Å². The van der Waals surface area contributed by atoms with Gasteiger partial charge in [-0.2, -0.15) is 0 Å². The second-order valence-corrected chi connectivity index (χ2v) is 10.8. The number of aromatic hydroxyl groups is 1. The number of nitrogens with one attached hydrogen (secondary N) is 2. The molecular formula is C28H47N3O5. The number of phenols is 1. The molecule has 0 saturated carbocycles. The fourth-order valence-electron chi connectivity index (χ4n) is 3.93. The Labute approximate surface area is 217 Å². The summed E-state index contributed by atoms with van der Waals surface area (Å²) in [6, 6.07) is 4.29. The first-order valence-electron chi connectivity index (χ1n) is 13.2. The monoisotopic (exact) mass is 505 g/mol. The number of benzene rings is 1. The Bertz CT molecular complexity index is 850. The molecule has 0 fully saturated rings. The summed E-state index contributed by atoms with van der Waals surface area (Å²) in [5.41, 5.74) is -0.203. The zero-order valence-corrected chi connectivity index (χ0v) is 23.4. The van der Waals surface area contributed by atoms with Gasteiger partial charge in [0.2, 0.25) is 11.8 Å². The van der Waals surface area contributed by atoms with Crippen LogP contribution in [0.4, 0.5) is 4.79 Å². The summed E-state index contributed by atoms with van der Waals surface area (Å²) in [4.78, 5) is 41.8. The van der Waals surface area contributed by atoms with Crippen molar-refractivity contribution in [1.82, 2.24) is 15.5 Å². The molecule has 1 aromatic rings. The van der Waals surface area contributed by atoms with E-state index in [0.29, 0.717) is 24.9 Å². The van der Waals surface area contributed by atoms with Crippen molar-refractivity contribution in [3.05, 3.63) is 29.8 Å². The largest absolute Gasteiger partial charge is 0.508 e. The number of phenolic OH excluding ortho intramolecular Hbond substituents is 1. The van der Waals surface area contributed by atoms with Crippen molar-refractivity contribution in [2.75, 3.05) is 6.54 Å². The Kier molecular flexibility index (Phi) is 12.8. The van der Waals surface area contributed by atoms with Crippen LogP contribution in [0.1, 0.15) is 99.1 Å². The lowest BCUT2D eigenvalue weighted by Crippen LogP contribution is -2.55. The lowest BCUT2D eigenvalue weighted by atomic mass is 9.97. The summed E-state index contributed by atoms with van der Waals surface area (Å²) < 4.78 is 5.42. The number of rotatable bonds is 13. The van der Waals surface area contributed by atoms with Crippen LogP contribution in [0.2, 0.25) is 0 Å². The highest BCUT2D eigenvalue weighted by Crippen LogP contribution is 2.29. The maximum atomic E-state index is 14.1. The molecule has 3 amide bonds. The average molecular weight is 506 g/mol. The highest BCUT2D eigenvalue weighted by molar-refractivity contribution is 5.92. The number of ether oxygens (including phenoxy) is 1. The van der Waals surface area contributed by atoms with Crippen LogP contribution >= 0.6 is 0 Å². The Balaban J connectivity index is 3.45. The predicted octanol–water partition coefficient (Wildman–Crippen LogP) is 5.31. The van der Waals surface area contributed by atoms with Crippen molar-refractivity contribution in [2.24, 2.45) is 5.92 Å². The molecule has 1 aromatic carbocycles. The van der Waals surface area contributed by atoms with E-state index in [1.165, 1.54) is 12.1 Å². The average Bonchev–Trinajstić information content (AvgIpc) is 2.77. The van der Waals surface area contributed by atoms with E-state index >= 15 is 0 Å². The Morgan fingerprint density at radius 3 is 2.28 bits per heavy atom. The molecule has 0 aliphatic carbocycles. The van der Waals surface area contributed by atoms with E-state index in [1.54, 1.807) is 37.8 Å². The van der Waals surface area contributed by atoms with Gasteiger partial charge >= 0.3 is 6.09 Å². The molecule has 8 heteroatoms. The van der Waals surface area contributed by atoms with Crippen molar-refractivity contribution in [1.29, 1.82) is 0 Å². The first-order valence-corrected chi connectivity index (χ1v) is 13.2. The van der Waals surface area contributed by atoms with Gasteiger partial charge in [0.05, 0.1) is 0 Å². The van der Waals surface area contributed by atoms with Gasteiger partial charge in [0, 0.05) is 12.6 Å². The van der Waals surface area contributed by atoms with Crippen LogP contribution in [0.25, 0.3) is 0 Å². The van der Waals surface area contributed by atoms with Crippen LogP contribution in [0.15, 0.2) is 24.3 Å². The molecule has 0 heterocycles. The van der Waals surface area contributed by atoms with Gasteiger partial charge in [-0.3, -0.25) is 9.59 Å². The third-order valence-corrected chi connectivity index (χ3v) is 5.81. The molecule has 36 heavy (non-hydrogen) atoms. The Hall–Kier alpha value is -2.77. The first kappa shape index (κ1) is 31.3. The maximum absolute atomic E-state index is 14.1. The number of hydrogen-bond donors (Lipinski definition) is 3. The zero-order chi connectivity index (χ0) is 27.5. The van der Waals surface area contributed by atoms with Gasteiger partial charge in [-0.1, -0.05) is 52.7 Å². The zero-order valence-electron chi connectivity index (χ0n) is 23.4. The third kappa shape index (κ3) is 10.5. The fourth-order valence-corrected chi connectivity index (χ4v) is 3.93. The molecule has 3 atom stereocenters. The molecule has 204 valence electrons. The molecule has 8 nitrogen and oxygen atoms in total. The third-order valence-electron chi connectivity index (χ3n) is 5.81. The van der Waals surface area contributed by atoms with Crippen LogP contribution in [0, 0.1) is 5.92 Å². The topological polar surface area (TPSA) is 108 Å². The van der Waals surface area contributed by atoms with Crippen LogP contribution in [-0.2, 0) is 14.3 Å². The van der Waals surface area contributed by atoms with E-state index < -0.39 is 23.8 Å². The van der Waals surface area contributed by atoms with Gasteiger partial charge in [0.1, 0.15) is 23.4 Å². The summed E-state index contributed by atoms with van der Waals surface area (Å²) in [6.45, 7) is 15.6. The van der Waals surface area contributed by atoms with Crippen molar-refractivity contribution in [2.45, 2.75) is 111 Å².